The maximum Gasteiger partial charge on any atom is 0.147 e. The standard InChI is InChI=1S/C19H23NO2S/c1-23(21,22)13-12-15-6-9-18(10-7-15)20-19-11-8-16-4-2-3-5-17(16)14-19/h2-7,9-10,19-20H,8,11-14H2,1H3. The van der Waals surface area contributed by atoms with E-state index in [-0.39, 0.29) is 5.75 Å². The summed E-state index contributed by atoms with van der Waals surface area (Å²) < 4.78 is 22.4. The summed E-state index contributed by atoms with van der Waals surface area (Å²) in [5.41, 5.74) is 5.09. The van der Waals surface area contributed by atoms with Crippen molar-refractivity contribution >= 4 is 15.5 Å². The molecule has 0 spiro atoms. The molecule has 1 N–H and O–H groups in total. The quantitative estimate of drug-likeness (QED) is 0.916. The normalized spacial score (nSPS) is 17.5. The Morgan fingerprint density at radius 3 is 2.43 bits per heavy atom. The molecule has 0 aliphatic heterocycles. The van der Waals surface area contributed by atoms with E-state index in [0.29, 0.717) is 12.5 Å². The van der Waals surface area contributed by atoms with E-state index >= 15 is 0 Å². The maximum atomic E-state index is 11.2. The Labute approximate surface area is 138 Å². The van der Waals surface area contributed by atoms with Crippen molar-refractivity contribution in [1.82, 2.24) is 0 Å². The Bertz CT molecular complexity index is 766. The molecule has 1 aliphatic carbocycles. The van der Waals surface area contributed by atoms with E-state index in [1.807, 2.05) is 12.1 Å². The van der Waals surface area contributed by atoms with Crippen LogP contribution in [0, 0.1) is 0 Å². The van der Waals surface area contributed by atoms with Crippen molar-refractivity contribution in [1.29, 1.82) is 0 Å². The molecule has 2 aromatic carbocycles. The number of anilines is 1. The van der Waals surface area contributed by atoms with Crippen molar-refractivity contribution in [2.45, 2.75) is 31.7 Å². The van der Waals surface area contributed by atoms with Gasteiger partial charge in [-0.15, -0.1) is 0 Å². The molecule has 0 amide bonds. The van der Waals surface area contributed by atoms with Crippen LogP contribution in [-0.2, 0) is 29.1 Å². The third-order valence-electron chi connectivity index (χ3n) is 4.43. The monoisotopic (exact) mass is 329 g/mol. The second-order valence-electron chi connectivity index (χ2n) is 6.43. The lowest BCUT2D eigenvalue weighted by Gasteiger charge is -2.26. The minimum absolute atomic E-state index is 0.208. The zero-order chi connectivity index (χ0) is 16.3. The molecule has 0 radical (unpaired) electrons. The number of fused-ring (bicyclic) bond motifs is 1. The zero-order valence-electron chi connectivity index (χ0n) is 13.5. The van der Waals surface area contributed by atoms with Gasteiger partial charge in [-0.3, -0.25) is 0 Å². The van der Waals surface area contributed by atoms with Gasteiger partial charge in [-0.05, 0) is 54.5 Å². The van der Waals surface area contributed by atoms with E-state index < -0.39 is 9.84 Å². The summed E-state index contributed by atoms with van der Waals surface area (Å²) in [6, 6.07) is 17.3. The predicted octanol–water partition coefficient (Wildman–Crippen LogP) is 3.24. The number of sulfone groups is 1. The van der Waals surface area contributed by atoms with Crippen molar-refractivity contribution < 1.29 is 8.42 Å². The first-order valence-electron chi connectivity index (χ1n) is 8.09. The molecular formula is C19H23NO2S. The average Bonchev–Trinajstić information content (AvgIpc) is 2.53. The minimum Gasteiger partial charge on any atom is -0.382 e. The number of rotatable bonds is 5. The molecule has 0 bridgehead atoms. The first-order chi connectivity index (χ1) is 11.0. The van der Waals surface area contributed by atoms with Gasteiger partial charge in [-0.1, -0.05) is 36.4 Å². The largest absolute Gasteiger partial charge is 0.382 e. The van der Waals surface area contributed by atoms with Crippen LogP contribution in [0.2, 0.25) is 0 Å². The van der Waals surface area contributed by atoms with Crippen molar-refractivity contribution in [2.24, 2.45) is 0 Å². The van der Waals surface area contributed by atoms with E-state index in [0.717, 1.165) is 30.5 Å². The molecule has 0 saturated heterocycles. The van der Waals surface area contributed by atoms with Crippen molar-refractivity contribution in [3.63, 3.8) is 0 Å². The molecule has 0 heterocycles. The molecule has 4 heteroatoms. The molecule has 2 aromatic rings. The van der Waals surface area contributed by atoms with Crippen LogP contribution < -0.4 is 5.32 Å². The van der Waals surface area contributed by atoms with Gasteiger partial charge in [0.1, 0.15) is 9.84 Å². The van der Waals surface area contributed by atoms with Crippen LogP contribution in [0.1, 0.15) is 23.1 Å². The Morgan fingerprint density at radius 2 is 1.74 bits per heavy atom. The van der Waals surface area contributed by atoms with Gasteiger partial charge in [0.15, 0.2) is 0 Å². The minimum atomic E-state index is -2.90. The molecule has 122 valence electrons. The summed E-state index contributed by atoms with van der Waals surface area (Å²) in [5, 5.41) is 3.60. The molecular weight excluding hydrogens is 306 g/mol. The summed E-state index contributed by atoms with van der Waals surface area (Å²) >= 11 is 0. The average molecular weight is 329 g/mol. The number of hydrogen-bond acceptors (Lipinski definition) is 3. The smallest absolute Gasteiger partial charge is 0.147 e. The lowest BCUT2D eigenvalue weighted by Crippen LogP contribution is -2.27. The summed E-state index contributed by atoms with van der Waals surface area (Å²) in [6.45, 7) is 0. The van der Waals surface area contributed by atoms with Crippen molar-refractivity contribution in [2.75, 3.05) is 17.3 Å². The Kier molecular flexibility index (Phi) is 4.71. The van der Waals surface area contributed by atoms with E-state index in [4.69, 9.17) is 0 Å². The highest BCUT2D eigenvalue weighted by Gasteiger charge is 2.17. The van der Waals surface area contributed by atoms with Crippen LogP contribution in [0.5, 0.6) is 0 Å². The number of hydrogen-bond donors (Lipinski definition) is 1. The first kappa shape index (κ1) is 16.1. The highest BCUT2D eigenvalue weighted by atomic mass is 32.2. The van der Waals surface area contributed by atoms with Gasteiger partial charge in [0, 0.05) is 18.0 Å². The predicted molar refractivity (Wildman–Crippen MR) is 95.7 cm³/mol. The zero-order valence-corrected chi connectivity index (χ0v) is 14.3. The summed E-state index contributed by atoms with van der Waals surface area (Å²) in [7, 11) is -2.90. The number of aryl methyl sites for hydroxylation is 2. The molecule has 0 fully saturated rings. The maximum absolute atomic E-state index is 11.2. The van der Waals surface area contributed by atoms with Crippen LogP contribution in [0.25, 0.3) is 0 Å². The van der Waals surface area contributed by atoms with E-state index in [9.17, 15) is 8.42 Å². The molecule has 0 aromatic heterocycles. The Hall–Kier alpha value is -1.81. The summed E-state index contributed by atoms with van der Waals surface area (Å²) in [5.74, 6) is 0.208. The second kappa shape index (κ2) is 6.75. The molecule has 23 heavy (non-hydrogen) atoms. The van der Waals surface area contributed by atoms with Gasteiger partial charge in [0.25, 0.3) is 0 Å². The third kappa shape index (κ3) is 4.58. The molecule has 1 aliphatic rings. The van der Waals surface area contributed by atoms with Gasteiger partial charge >= 0.3 is 0 Å². The van der Waals surface area contributed by atoms with Crippen LogP contribution in [0.4, 0.5) is 5.69 Å². The molecule has 3 rings (SSSR count). The van der Waals surface area contributed by atoms with Gasteiger partial charge in [0.05, 0.1) is 5.75 Å². The summed E-state index contributed by atoms with van der Waals surface area (Å²) in [4.78, 5) is 0. The molecule has 0 saturated carbocycles. The second-order valence-corrected chi connectivity index (χ2v) is 8.69. The molecule has 1 atom stereocenters. The van der Waals surface area contributed by atoms with Gasteiger partial charge < -0.3 is 5.32 Å². The van der Waals surface area contributed by atoms with Crippen LogP contribution in [0.15, 0.2) is 48.5 Å². The van der Waals surface area contributed by atoms with Crippen LogP contribution in [-0.4, -0.2) is 26.5 Å². The topological polar surface area (TPSA) is 46.2 Å². The fourth-order valence-electron chi connectivity index (χ4n) is 3.13. The summed E-state index contributed by atoms with van der Waals surface area (Å²) in [6.07, 6.45) is 5.19. The Balaban J connectivity index is 1.59. The van der Waals surface area contributed by atoms with Crippen molar-refractivity contribution in [3.05, 3.63) is 65.2 Å². The van der Waals surface area contributed by atoms with Crippen LogP contribution >= 0.6 is 0 Å². The van der Waals surface area contributed by atoms with Gasteiger partial charge in [-0.2, -0.15) is 0 Å². The number of nitrogens with one attached hydrogen (secondary N) is 1. The lowest BCUT2D eigenvalue weighted by molar-refractivity contribution is 0.601. The highest BCUT2D eigenvalue weighted by Crippen LogP contribution is 2.23. The van der Waals surface area contributed by atoms with Gasteiger partial charge in [0.2, 0.25) is 0 Å². The number of benzene rings is 2. The van der Waals surface area contributed by atoms with Gasteiger partial charge in [-0.25, -0.2) is 8.42 Å². The SMILES string of the molecule is CS(=O)(=O)CCc1ccc(NC2CCc3ccccc3C2)cc1. The van der Waals surface area contributed by atoms with E-state index in [1.54, 1.807) is 0 Å². The Morgan fingerprint density at radius 1 is 1.04 bits per heavy atom. The van der Waals surface area contributed by atoms with E-state index in [2.05, 4.69) is 41.7 Å². The fourth-order valence-corrected chi connectivity index (χ4v) is 3.73. The third-order valence-corrected chi connectivity index (χ3v) is 5.38. The first-order valence-corrected chi connectivity index (χ1v) is 10.2. The lowest BCUT2D eigenvalue weighted by atomic mass is 9.88. The molecule has 1 unspecified atom stereocenters. The fraction of sp³-hybridized carbons (Fsp3) is 0.368. The van der Waals surface area contributed by atoms with E-state index in [1.165, 1.54) is 17.4 Å². The van der Waals surface area contributed by atoms with Crippen molar-refractivity contribution in [3.8, 4) is 0 Å². The molecule has 3 nitrogen and oxygen atoms in total. The van der Waals surface area contributed by atoms with Crippen LogP contribution in [0.3, 0.4) is 0 Å². The highest BCUT2D eigenvalue weighted by molar-refractivity contribution is 7.90.